The van der Waals surface area contributed by atoms with Crippen LogP contribution >= 0.6 is 0 Å². The van der Waals surface area contributed by atoms with Gasteiger partial charge in [-0.3, -0.25) is 9.69 Å². The van der Waals surface area contributed by atoms with Crippen molar-refractivity contribution in [3.63, 3.8) is 0 Å². The third kappa shape index (κ3) is 5.28. The zero-order valence-corrected chi connectivity index (χ0v) is 18.5. The molecular formula is C23H31N3O3S. The molecule has 1 fully saturated rings. The fourth-order valence-electron chi connectivity index (χ4n) is 3.83. The molecule has 1 amide bonds. The van der Waals surface area contributed by atoms with Gasteiger partial charge in [0.25, 0.3) is 0 Å². The highest BCUT2D eigenvalue weighted by atomic mass is 32.2. The van der Waals surface area contributed by atoms with Crippen LogP contribution in [0.1, 0.15) is 31.7 Å². The minimum atomic E-state index is -3.48. The molecule has 0 spiro atoms. The van der Waals surface area contributed by atoms with Gasteiger partial charge in [-0.1, -0.05) is 55.5 Å². The molecule has 1 N–H and O–H groups in total. The number of carbonyl (C=O) groups is 1. The van der Waals surface area contributed by atoms with E-state index in [1.807, 2.05) is 25.1 Å². The smallest absolute Gasteiger partial charge is 0.243 e. The van der Waals surface area contributed by atoms with Gasteiger partial charge in [0.1, 0.15) is 0 Å². The molecule has 162 valence electrons. The molecule has 0 aromatic heterocycles. The van der Waals surface area contributed by atoms with Crippen molar-refractivity contribution in [1.82, 2.24) is 14.5 Å². The number of nitrogens with one attached hydrogen (secondary N) is 1. The normalized spacial score (nSPS) is 17.9. The van der Waals surface area contributed by atoms with E-state index in [9.17, 15) is 13.2 Å². The molecule has 3 rings (SSSR count). The molecule has 30 heavy (non-hydrogen) atoms. The van der Waals surface area contributed by atoms with E-state index < -0.39 is 10.0 Å². The predicted molar refractivity (Wildman–Crippen MR) is 119 cm³/mol. The summed E-state index contributed by atoms with van der Waals surface area (Å²) in [4.78, 5) is 15.1. The highest BCUT2D eigenvalue weighted by Crippen LogP contribution is 2.19. The summed E-state index contributed by atoms with van der Waals surface area (Å²) < 4.78 is 27.0. The SMILES string of the molecule is CC[C@H](CNC(=O)[C@H](C)N1CCN(S(=O)(=O)c2ccccc2)CC1)c1ccccc1. The number of nitrogens with zero attached hydrogens (tertiary/aromatic N) is 2. The Balaban J connectivity index is 1.52. The Hall–Kier alpha value is -2.22. The number of sulfonamides is 1. The predicted octanol–water partition coefficient (Wildman–Crippen LogP) is 2.69. The molecule has 7 heteroatoms. The average molecular weight is 430 g/mol. The minimum absolute atomic E-state index is 0.0104. The zero-order valence-electron chi connectivity index (χ0n) is 17.7. The molecule has 1 saturated heterocycles. The Morgan fingerprint density at radius 3 is 2.10 bits per heavy atom. The maximum absolute atomic E-state index is 12.8. The lowest BCUT2D eigenvalue weighted by Gasteiger charge is -2.36. The molecule has 1 aliphatic heterocycles. The van der Waals surface area contributed by atoms with Crippen LogP contribution in [-0.2, 0) is 14.8 Å². The summed E-state index contributed by atoms with van der Waals surface area (Å²) >= 11 is 0. The fourth-order valence-corrected chi connectivity index (χ4v) is 5.28. The Morgan fingerprint density at radius 2 is 1.53 bits per heavy atom. The van der Waals surface area contributed by atoms with Crippen LogP contribution in [0.2, 0.25) is 0 Å². The number of hydrogen-bond donors (Lipinski definition) is 1. The van der Waals surface area contributed by atoms with E-state index in [4.69, 9.17) is 0 Å². The largest absolute Gasteiger partial charge is 0.354 e. The molecule has 0 radical (unpaired) electrons. The van der Waals surface area contributed by atoms with Crippen LogP contribution in [0.4, 0.5) is 0 Å². The standard InChI is InChI=1S/C23H31N3O3S/c1-3-20(21-10-6-4-7-11-21)18-24-23(27)19(2)25-14-16-26(17-15-25)30(28,29)22-12-8-5-9-13-22/h4-13,19-20H,3,14-18H2,1-2H3,(H,24,27)/t19-,20+/m0/s1. The van der Waals surface area contributed by atoms with Crippen molar-refractivity contribution in [2.45, 2.75) is 37.1 Å². The van der Waals surface area contributed by atoms with E-state index in [-0.39, 0.29) is 17.9 Å². The maximum Gasteiger partial charge on any atom is 0.243 e. The number of hydrogen-bond acceptors (Lipinski definition) is 4. The molecule has 1 heterocycles. The fraction of sp³-hybridized carbons (Fsp3) is 0.435. The Labute approximate surface area is 179 Å². The summed E-state index contributed by atoms with van der Waals surface area (Å²) in [7, 11) is -3.48. The Morgan fingerprint density at radius 1 is 0.967 bits per heavy atom. The molecule has 0 aliphatic carbocycles. The summed E-state index contributed by atoms with van der Waals surface area (Å²) in [6.45, 7) is 6.46. The molecule has 0 saturated carbocycles. The second kappa shape index (κ2) is 10.2. The van der Waals surface area contributed by atoms with Crippen LogP contribution in [0.15, 0.2) is 65.6 Å². The van der Waals surface area contributed by atoms with Crippen LogP contribution in [0.3, 0.4) is 0 Å². The van der Waals surface area contributed by atoms with Crippen LogP contribution in [0.5, 0.6) is 0 Å². The van der Waals surface area contributed by atoms with Gasteiger partial charge in [0.2, 0.25) is 15.9 Å². The van der Waals surface area contributed by atoms with Crippen molar-refractivity contribution in [2.24, 2.45) is 0 Å². The number of rotatable bonds is 8. The highest BCUT2D eigenvalue weighted by molar-refractivity contribution is 7.89. The first-order valence-corrected chi connectivity index (χ1v) is 12.0. The molecule has 2 aromatic carbocycles. The Bertz CT molecular complexity index is 911. The van der Waals surface area contributed by atoms with Gasteiger partial charge in [-0.25, -0.2) is 8.42 Å². The quantitative estimate of drug-likeness (QED) is 0.701. The lowest BCUT2D eigenvalue weighted by molar-refractivity contribution is -0.126. The van der Waals surface area contributed by atoms with E-state index in [1.54, 1.807) is 30.3 Å². The summed E-state index contributed by atoms with van der Waals surface area (Å²) in [5.41, 5.74) is 1.23. The maximum atomic E-state index is 12.8. The summed E-state index contributed by atoms with van der Waals surface area (Å²) in [6.07, 6.45) is 0.953. The number of amides is 1. The third-order valence-corrected chi connectivity index (χ3v) is 7.78. The number of piperazine rings is 1. The topological polar surface area (TPSA) is 69.7 Å². The minimum Gasteiger partial charge on any atom is -0.354 e. The van der Waals surface area contributed by atoms with Crippen molar-refractivity contribution >= 4 is 15.9 Å². The van der Waals surface area contributed by atoms with Gasteiger partial charge in [-0.05, 0) is 31.0 Å². The van der Waals surface area contributed by atoms with Gasteiger partial charge in [-0.15, -0.1) is 0 Å². The molecular weight excluding hydrogens is 398 g/mol. The third-order valence-electron chi connectivity index (χ3n) is 5.87. The van der Waals surface area contributed by atoms with Crippen molar-refractivity contribution in [3.05, 3.63) is 66.2 Å². The number of benzene rings is 2. The van der Waals surface area contributed by atoms with Crippen LogP contribution in [-0.4, -0.2) is 62.3 Å². The molecule has 2 aromatic rings. The van der Waals surface area contributed by atoms with Crippen molar-refractivity contribution in [3.8, 4) is 0 Å². The average Bonchev–Trinajstić information content (AvgIpc) is 2.80. The second-order valence-electron chi connectivity index (χ2n) is 7.69. The highest BCUT2D eigenvalue weighted by Gasteiger charge is 2.31. The summed E-state index contributed by atoms with van der Waals surface area (Å²) in [6, 6.07) is 18.4. The van der Waals surface area contributed by atoms with E-state index in [0.717, 1.165) is 6.42 Å². The van der Waals surface area contributed by atoms with E-state index in [0.29, 0.717) is 37.6 Å². The van der Waals surface area contributed by atoms with Crippen molar-refractivity contribution < 1.29 is 13.2 Å². The molecule has 0 unspecified atom stereocenters. The van der Waals surface area contributed by atoms with Crippen LogP contribution in [0.25, 0.3) is 0 Å². The second-order valence-corrected chi connectivity index (χ2v) is 9.63. The van der Waals surface area contributed by atoms with Crippen molar-refractivity contribution in [1.29, 1.82) is 0 Å². The van der Waals surface area contributed by atoms with Gasteiger partial charge in [0.05, 0.1) is 10.9 Å². The van der Waals surface area contributed by atoms with Gasteiger partial charge < -0.3 is 5.32 Å². The molecule has 2 atom stereocenters. The van der Waals surface area contributed by atoms with Gasteiger partial charge >= 0.3 is 0 Å². The van der Waals surface area contributed by atoms with E-state index in [2.05, 4.69) is 29.3 Å². The van der Waals surface area contributed by atoms with Crippen LogP contribution < -0.4 is 5.32 Å². The zero-order chi connectivity index (χ0) is 21.6. The Kier molecular flexibility index (Phi) is 7.64. The molecule has 6 nitrogen and oxygen atoms in total. The molecule has 0 bridgehead atoms. The summed E-state index contributed by atoms with van der Waals surface area (Å²) in [5.74, 6) is 0.277. The van der Waals surface area contributed by atoms with Crippen molar-refractivity contribution in [2.75, 3.05) is 32.7 Å². The molecule has 1 aliphatic rings. The monoisotopic (exact) mass is 429 g/mol. The van der Waals surface area contributed by atoms with Gasteiger partial charge in [0.15, 0.2) is 0 Å². The lowest BCUT2D eigenvalue weighted by Crippen LogP contribution is -2.55. The number of carbonyl (C=O) groups excluding carboxylic acids is 1. The van der Waals surface area contributed by atoms with E-state index in [1.165, 1.54) is 9.87 Å². The summed E-state index contributed by atoms with van der Waals surface area (Å²) in [5, 5.41) is 3.08. The first-order valence-electron chi connectivity index (χ1n) is 10.6. The first-order chi connectivity index (χ1) is 14.4. The van der Waals surface area contributed by atoms with E-state index >= 15 is 0 Å². The van der Waals surface area contributed by atoms with Gasteiger partial charge in [-0.2, -0.15) is 4.31 Å². The van der Waals surface area contributed by atoms with Crippen LogP contribution in [0, 0.1) is 0 Å². The first kappa shape index (κ1) is 22.5. The van der Waals surface area contributed by atoms with Gasteiger partial charge in [0, 0.05) is 38.6 Å². The lowest BCUT2D eigenvalue weighted by atomic mass is 9.96.